The maximum absolute atomic E-state index is 5.77. The zero-order valence-electron chi connectivity index (χ0n) is 11.5. The van der Waals surface area contributed by atoms with Crippen molar-refractivity contribution in [2.75, 3.05) is 19.8 Å². The van der Waals surface area contributed by atoms with Crippen LogP contribution in [0.4, 0.5) is 0 Å². The van der Waals surface area contributed by atoms with Crippen LogP contribution in [0.3, 0.4) is 0 Å². The van der Waals surface area contributed by atoms with E-state index in [1.807, 2.05) is 17.8 Å². The van der Waals surface area contributed by atoms with Crippen molar-refractivity contribution in [3.63, 3.8) is 0 Å². The molecule has 0 amide bonds. The Morgan fingerprint density at radius 3 is 2.90 bits per heavy atom. The van der Waals surface area contributed by atoms with E-state index in [9.17, 15) is 0 Å². The topological polar surface area (TPSA) is 43.4 Å². The predicted octanol–water partition coefficient (Wildman–Crippen LogP) is 3.00. The van der Waals surface area contributed by atoms with Gasteiger partial charge in [-0.25, -0.2) is 0 Å². The Bertz CT molecular complexity index is 557. The lowest BCUT2D eigenvalue weighted by molar-refractivity contribution is 0.297. The lowest BCUT2D eigenvalue weighted by Gasteiger charge is -2.18. The Morgan fingerprint density at radius 1 is 1.30 bits per heavy atom. The van der Waals surface area contributed by atoms with Crippen LogP contribution in [0.25, 0.3) is 0 Å². The Labute approximate surface area is 122 Å². The van der Waals surface area contributed by atoms with E-state index in [0.717, 1.165) is 31.1 Å². The molecule has 106 valence electrons. The lowest BCUT2D eigenvalue weighted by Crippen LogP contribution is -2.21. The molecule has 2 aromatic rings. The largest absolute Gasteiger partial charge is 0.490 e. The van der Waals surface area contributed by atoms with Gasteiger partial charge in [0.25, 0.3) is 0 Å². The number of nitrogens with zero attached hydrogens (tertiary/aromatic N) is 1. The van der Waals surface area contributed by atoms with Crippen LogP contribution in [0.15, 0.2) is 29.9 Å². The highest BCUT2D eigenvalue weighted by Gasteiger charge is 2.18. The highest BCUT2D eigenvalue weighted by molar-refractivity contribution is 7.09. The van der Waals surface area contributed by atoms with Gasteiger partial charge in [-0.05, 0) is 24.2 Å². The van der Waals surface area contributed by atoms with Gasteiger partial charge in [0, 0.05) is 17.5 Å². The van der Waals surface area contributed by atoms with Crippen LogP contribution in [0.1, 0.15) is 29.8 Å². The van der Waals surface area contributed by atoms with E-state index in [1.54, 1.807) is 11.3 Å². The first kappa shape index (κ1) is 13.4. The molecule has 1 unspecified atom stereocenters. The summed E-state index contributed by atoms with van der Waals surface area (Å²) in [4.78, 5) is 5.39. The van der Waals surface area contributed by atoms with Crippen LogP contribution < -0.4 is 14.8 Å². The number of aromatic nitrogens is 1. The molecule has 5 heteroatoms. The molecule has 0 saturated carbocycles. The van der Waals surface area contributed by atoms with Crippen molar-refractivity contribution in [3.05, 3.63) is 40.3 Å². The zero-order valence-corrected chi connectivity index (χ0v) is 12.3. The third kappa shape index (κ3) is 2.78. The van der Waals surface area contributed by atoms with Crippen molar-refractivity contribution in [2.45, 2.75) is 19.4 Å². The Balaban J connectivity index is 1.93. The third-order valence-electron chi connectivity index (χ3n) is 3.25. The average Bonchev–Trinajstić information content (AvgIpc) is 2.89. The molecule has 0 aliphatic carbocycles. The van der Waals surface area contributed by atoms with E-state index in [1.165, 1.54) is 10.4 Å². The SMILES string of the molecule is CCNC(c1ccc2c(c1)OCCCO2)c1cncs1. The molecule has 1 aromatic heterocycles. The molecule has 1 N–H and O–H groups in total. The maximum atomic E-state index is 5.77. The second kappa shape index (κ2) is 6.24. The Morgan fingerprint density at radius 2 is 2.15 bits per heavy atom. The van der Waals surface area contributed by atoms with Crippen LogP contribution in [-0.2, 0) is 0 Å². The van der Waals surface area contributed by atoms with Gasteiger partial charge in [0.05, 0.1) is 24.8 Å². The number of rotatable bonds is 4. The number of hydrogen-bond acceptors (Lipinski definition) is 5. The van der Waals surface area contributed by atoms with Crippen LogP contribution in [0, 0.1) is 0 Å². The van der Waals surface area contributed by atoms with Crippen molar-refractivity contribution in [1.82, 2.24) is 10.3 Å². The number of thiazole rings is 1. The van der Waals surface area contributed by atoms with E-state index in [0.29, 0.717) is 6.61 Å². The second-order valence-electron chi connectivity index (χ2n) is 4.65. The third-order valence-corrected chi connectivity index (χ3v) is 4.09. The molecule has 3 rings (SSSR count). The monoisotopic (exact) mass is 290 g/mol. The molecule has 2 heterocycles. The van der Waals surface area contributed by atoms with Gasteiger partial charge in [0.2, 0.25) is 0 Å². The van der Waals surface area contributed by atoms with E-state index >= 15 is 0 Å². The fourth-order valence-corrected chi connectivity index (χ4v) is 3.04. The lowest BCUT2D eigenvalue weighted by atomic mass is 10.0. The number of ether oxygens (including phenoxy) is 2. The molecule has 0 radical (unpaired) electrons. The molecule has 0 bridgehead atoms. The minimum absolute atomic E-state index is 0.157. The minimum Gasteiger partial charge on any atom is -0.490 e. The summed E-state index contributed by atoms with van der Waals surface area (Å²) in [5.41, 5.74) is 3.04. The summed E-state index contributed by atoms with van der Waals surface area (Å²) in [6.07, 6.45) is 2.84. The van der Waals surface area contributed by atoms with E-state index in [-0.39, 0.29) is 6.04 Å². The molecule has 0 spiro atoms. The summed E-state index contributed by atoms with van der Waals surface area (Å²) in [7, 11) is 0. The van der Waals surface area contributed by atoms with Gasteiger partial charge >= 0.3 is 0 Å². The Hall–Kier alpha value is -1.59. The quantitative estimate of drug-likeness (QED) is 0.940. The fraction of sp³-hybridized carbons (Fsp3) is 0.400. The van der Waals surface area contributed by atoms with Gasteiger partial charge in [-0.15, -0.1) is 11.3 Å². The fourth-order valence-electron chi connectivity index (χ4n) is 2.31. The molecule has 1 aliphatic heterocycles. The van der Waals surface area contributed by atoms with Gasteiger partial charge < -0.3 is 14.8 Å². The average molecular weight is 290 g/mol. The molecule has 1 aliphatic rings. The summed E-state index contributed by atoms with van der Waals surface area (Å²) in [5.74, 6) is 1.68. The number of nitrogens with one attached hydrogen (secondary N) is 1. The predicted molar refractivity (Wildman–Crippen MR) is 79.7 cm³/mol. The first-order valence-corrected chi connectivity index (χ1v) is 7.77. The van der Waals surface area contributed by atoms with Crippen molar-refractivity contribution >= 4 is 11.3 Å². The standard InChI is InChI=1S/C15H18N2O2S/c1-2-17-15(14-9-16-10-20-14)11-4-5-12-13(8-11)19-7-3-6-18-12/h4-5,8-10,15,17H,2-3,6-7H2,1H3. The first-order chi connectivity index (χ1) is 9.88. The van der Waals surface area contributed by atoms with Crippen molar-refractivity contribution in [3.8, 4) is 11.5 Å². The second-order valence-corrected chi connectivity index (χ2v) is 5.57. The summed E-state index contributed by atoms with van der Waals surface area (Å²) < 4.78 is 11.4. The Kier molecular flexibility index (Phi) is 4.18. The van der Waals surface area contributed by atoms with Crippen molar-refractivity contribution in [1.29, 1.82) is 0 Å². The summed E-state index contributed by atoms with van der Waals surface area (Å²) in [6.45, 7) is 4.44. The van der Waals surface area contributed by atoms with E-state index in [2.05, 4.69) is 29.4 Å². The molecule has 20 heavy (non-hydrogen) atoms. The van der Waals surface area contributed by atoms with Gasteiger partial charge in [-0.3, -0.25) is 4.98 Å². The summed E-state index contributed by atoms with van der Waals surface area (Å²) in [6, 6.07) is 6.33. The molecule has 0 saturated heterocycles. The van der Waals surface area contributed by atoms with Crippen LogP contribution in [0.5, 0.6) is 11.5 Å². The minimum atomic E-state index is 0.157. The smallest absolute Gasteiger partial charge is 0.161 e. The molecule has 4 nitrogen and oxygen atoms in total. The van der Waals surface area contributed by atoms with Crippen LogP contribution in [-0.4, -0.2) is 24.7 Å². The molecule has 1 atom stereocenters. The van der Waals surface area contributed by atoms with Gasteiger partial charge in [-0.1, -0.05) is 13.0 Å². The molecular formula is C15H18N2O2S. The number of hydrogen-bond donors (Lipinski definition) is 1. The van der Waals surface area contributed by atoms with Gasteiger partial charge in [-0.2, -0.15) is 0 Å². The van der Waals surface area contributed by atoms with Crippen LogP contribution in [0.2, 0.25) is 0 Å². The van der Waals surface area contributed by atoms with E-state index < -0.39 is 0 Å². The highest BCUT2D eigenvalue weighted by atomic mass is 32.1. The normalized spacial score (nSPS) is 15.7. The van der Waals surface area contributed by atoms with Crippen LogP contribution >= 0.6 is 11.3 Å². The maximum Gasteiger partial charge on any atom is 0.161 e. The number of benzene rings is 1. The highest BCUT2D eigenvalue weighted by Crippen LogP contribution is 2.34. The number of fused-ring (bicyclic) bond motifs is 1. The summed E-state index contributed by atoms with van der Waals surface area (Å²) >= 11 is 1.66. The van der Waals surface area contributed by atoms with E-state index in [4.69, 9.17) is 9.47 Å². The van der Waals surface area contributed by atoms with Crippen molar-refractivity contribution < 1.29 is 9.47 Å². The molecular weight excluding hydrogens is 272 g/mol. The van der Waals surface area contributed by atoms with Gasteiger partial charge in [0.1, 0.15) is 0 Å². The molecule has 0 fully saturated rings. The summed E-state index contributed by atoms with van der Waals surface area (Å²) in [5, 5.41) is 3.50. The first-order valence-electron chi connectivity index (χ1n) is 6.90. The van der Waals surface area contributed by atoms with Crippen molar-refractivity contribution in [2.24, 2.45) is 0 Å². The molecule has 1 aromatic carbocycles. The van der Waals surface area contributed by atoms with Gasteiger partial charge in [0.15, 0.2) is 11.5 Å². The zero-order chi connectivity index (χ0) is 13.8.